The Balaban J connectivity index is 1.49. The highest BCUT2D eigenvalue weighted by Gasteiger charge is 2.25. The summed E-state index contributed by atoms with van der Waals surface area (Å²) in [6.07, 6.45) is 0.903. The molecule has 30 heavy (non-hydrogen) atoms. The zero-order chi connectivity index (χ0) is 21.1. The SMILES string of the molecule is O=C(O)c1ccc(CNC(=O)c2cccc3c2N(Cc2ccc(Cl)cc2)CC3)cc1. The van der Waals surface area contributed by atoms with Crippen molar-refractivity contribution in [2.45, 2.75) is 19.5 Å². The summed E-state index contributed by atoms with van der Waals surface area (Å²) in [5, 5.41) is 12.7. The highest BCUT2D eigenvalue weighted by Crippen LogP contribution is 2.33. The highest BCUT2D eigenvalue weighted by molar-refractivity contribution is 6.30. The monoisotopic (exact) mass is 420 g/mol. The second kappa shape index (κ2) is 8.59. The Labute approximate surface area is 179 Å². The number of amides is 1. The molecule has 0 unspecified atom stereocenters. The third-order valence-electron chi connectivity index (χ3n) is 5.27. The van der Waals surface area contributed by atoms with Crippen molar-refractivity contribution in [3.63, 3.8) is 0 Å². The first-order chi connectivity index (χ1) is 14.5. The Bertz CT molecular complexity index is 1080. The van der Waals surface area contributed by atoms with Crippen molar-refractivity contribution in [3.05, 3.63) is 99.6 Å². The van der Waals surface area contributed by atoms with Gasteiger partial charge in [0.05, 0.1) is 16.8 Å². The van der Waals surface area contributed by atoms with Crippen LogP contribution in [-0.4, -0.2) is 23.5 Å². The first kappa shape index (κ1) is 20.0. The number of fused-ring (bicyclic) bond motifs is 1. The molecule has 3 aromatic carbocycles. The van der Waals surface area contributed by atoms with Gasteiger partial charge >= 0.3 is 5.97 Å². The van der Waals surface area contributed by atoms with Crippen molar-refractivity contribution in [1.29, 1.82) is 0 Å². The number of carboxylic acids is 1. The van der Waals surface area contributed by atoms with E-state index in [-0.39, 0.29) is 11.5 Å². The van der Waals surface area contributed by atoms with Gasteiger partial charge in [0.15, 0.2) is 0 Å². The van der Waals surface area contributed by atoms with Crippen LogP contribution < -0.4 is 10.2 Å². The number of aromatic carboxylic acids is 1. The van der Waals surface area contributed by atoms with Crippen molar-refractivity contribution in [1.82, 2.24) is 5.32 Å². The summed E-state index contributed by atoms with van der Waals surface area (Å²) in [4.78, 5) is 26.1. The van der Waals surface area contributed by atoms with Crippen molar-refractivity contribution in [2.24, 2.45) is 0 Å². The van der Waals surface area contributed by atoms with E-state index in [1.165, 1.54) is 17.7 Å². The Morgan fingerprint density at radius 3 is 2.37 bits per heavy atom. The molecule has 0 fully saturated rings. The molecule has 2 N–H and O–H groups in total. The van der Waals surface area contributed by atoms with Gasteiger partial charge in [-0.1, -0.05) is 48.0 Å². The van der Waals surface area contributed by atoms with Crippen molar-refractivity contribution >= 4 is 29.2 Å². The minimum atomic E-state index is -0.966. The number of anilines is 1. The first-order valence-electron chi connectivity index (χ1n) is 9.73. The van der Waals surface area contributed by atoms with E-state index in [4.69, 9.17) is 16.7 Å². The second-order valence-electron chi connectivity index (χ2n) is 7.30. The molecule has 0 saturated heterocycles. The van der Waals surface area contributed by atoms with Gasteiger partial charge in [-0.25, -0.2) is 4.79 Å². The van der Waals surface area contributed by atoms with E-state index in [0.29, 0.717) is 23.7 Å². The Morgan fingerprint density at radius 2 is 1.67 bits per heavy atom. The number of carbonyl (C=O) groups is 2. The molecule has 5 nitrogen and oxygen atoms in total. The molecule has 0 bridgehead atoms. The largest absolute Gasteiger partial charge is 0.478 e. The lowest BCUT2D eigenvalue weighted by Gasteiger charge is -2.22. The Hall–Kier alpha value is -3.31. The molecule has 1 aliphatic rings. The van der Waals surface area contributed by atoms with Gasteiger partial charge < -0.3 is 15.3 Å². The molecule has 6 heteroatoms. The maximum absolute atomic E-state index is 12.9. The molecule has 0 saturated carbocycles. The normalized spacial score (nSPS) is 12.5. The topological polar surface area (TPSA) is 69.6 Å². The number of rotatable bonds is 6. The predicted molar refractivity (Wildman–Crippen MR) is 117 cm³/mol. The summed E-state index contributed by atoms with van der Waals surface area (Å²) in [5.74, 6) is -1.11. The maximum Gasteiger partial charge on any atom is 0.335 e. The van der Waals surface area contributed by atoms with E-state index in [9.17, 15) is 9.59 Å². The summed E-state index contributed by atoms with van der Waals surface area (Å²) >= 11 is 5.99. The lowest BCUT2D eigenvalue weighted by atomic mass is 10.1. The van der Waals surface area contributed by atoms with E-state index in [0.717, 1.165) is 29.8 Å². The smallest absolute Gasteiger partial charge is 0.335 e. The number of carbonyl (C=O) groups excluding carboxylic acids is 1. The number of benzene rings is 3. The predicted octanol–water partition coefficient (Wildman–Crippen LogP) is 4.53. The van der Waals surface area contributed by atoms with Crippen LogP contribution in [0.3, 0.4) is 0 Å². The van der Waals surface area contributed by atoms with Crippen molar-refractivity contribution in [3.8, 4) is 0 Å². The molecule has 3 aromatic rings. The number of halogens is 1. The maximum atomic E-state index is 12.9. The number of nitrogens with one attached hydrogen (secondary N) is 1. The van der Waals surface area contributed by atoms with Gasteiger partial charge in [-0.05, 0) is 53.4 Å². The molecule has 0 aliphatic carbocycles. The molecule has 1 amide bonds. The van der Waals surface area contributed by atoms with Crippen LogP contribution in [0.1, 0.15) is 37.4 Å². The van der Waals surface area contributed by atoms with Gasteiger partial charge in [0.2, 0.25) is 0 Å². The van der Waals surface area contributed by atoms with Gasteiger partial charge in [-0.2, -0.15) is 0 Å². The number of carboxylic acid groups (broad SMARTS) is 1. The quantitative estimate of drug-likeness (QED) is 0.614. The van der Waals surface area contributed by atoms with E-state index in [1.54, 1.807) is 12.1 Å². The van der Waals surface area contributed by atoms with Crippen LogP contribution in [0.2, 0.25) is 5.02 Å². The van der Waals surface area contributed by atoms with Gasteiger partial charge in [0, 0.05) is 24.7 Å². The van der Waals surface area contributed by atoms with E-state index >= 15 is 0 Å². The van der Waals surface area contributed by atoms with Crippen molar-refractivity contribution < 1.29 is 14.7 Å². The molecule has 152 valence electrons. The molecular weight excluding hydrogens is 400 g/mol. The molecule has 1 heterocycles. The molecule has 0 atom stereocenters. The molecular formula is C24H21ClN2O3. The summed E-state index contributed by atoms with van der Waals surface area (Å²) in [6.45, 7) is 1.91. The fourth-order valence-corrected chi connectivity index (χ4v) is 3.85. The zero-order valence-electron chi connectivity index (χ0n) is 16.3. The van der Waals surface area contributed by atoms with Gasteiger partial charge in [0.1, 0.15) is 0 Å². The lowest BCUT2D eigenvalue weighted by molar-refractivity contribution is 0.0696. The zero-order valence-corrected chi connectivity index (χ0v) is 17.0. The third-order valence-corrected chi connectivity index (χ3v) is 5.52. The van der Waals surface area contributed by atoms with Gasteiger partial charge in [-0.15, -0.1) is 0 Å². The van der Waals surface area contributed by atoms with Crippen LogP contribution in [-0.2, 0) is 19.5 Å². The van der Waals surface area contributed by atoms with E-state index in [1.807, 2.05) is 36.4 Å². The first-order valence-corrected chi connectivity index (χ1v) is 10.1. The van der Waals surface area contributed by atoms with Crippen LogP contribution in [0, 0.1) is 0 Å². The lowest BCUT2D eigenvalue weighted by Crippen LogP contribution is -2.27. The fraction of sp³-hybridized carbons (Fsp3) is 0.167. The fourth-order valence-electron chi connectivity index (χ4n) is 3.73. The third kappa shape index (κ3) is 4.31. The van der Waals surface area contributed by atoms with Crippen LogP contribution >= 0.6 is 11.6 Å². The average molecular weight is 421 g/mol. The summed E-state index contributed by atoms with van der Waals surface area (Å²) in [7, 11) is 0. The van der Waals surface area contributed by atoms with Gasteiger partial charge in [-0.3, -0.25) is 4.79 Å². The van der Waals surface area contributed by atoms with Gasteiger partial charge in [0.25, 0.3) is 5.91 Å². The molecule has 0 aromatic heterocycles. The van der Waals surface area contributed by atoms with Crippen molar-refractivity contribution in [2.75, 3.05) is 11.4 Å². The van der Waals surface area contributed by atoms with Crippen LogP contribution in [0.25, 0.3) is 0 Å². The number of nitrogens with zero attached hydrogens (tertiary/aromatic N) is 1. The number of para-hydroxylation sites is 1. The summed E-state index contributed by atoms with van der Waals surface area (Å²) in [6, 6.07) is 20.1. The number of hydrogen-bond donors (Lipinski definition) is 2. The number of hydrogen-bond acceptors (Lipinski definition) is 3. The molecule has 4 rings (SSSR count). The second-order valence-corrected chi connectivity index (χ2v) is 7.73. The highest BCUT2D eigenvalue weighted by atomic mass is 35.5. The molecule has 0 spiro atoms. The minimum Gasteiger partial charge on any atom is -0.478 e. The van der Waals surface area contributed by atoms with Crippen LogP contribution in [0.5, 0.6) is 0 Å². The molecule has 1 aliphatic heterocycles. The summed E-state index contributed by atoms with van der Waals surface area (Å²) in [5.41, 5.74) is 5.01. The van der Waals surface area contributed by atoms with Crippen LogP contribution in [0.15, 0.2) is 66.7 Å². The molecule has 0 radical (unpaired) electrons. The van der Waals surface area contributed by atoms with E-state index in [2.05, 4.69) is 16.3 Å². The average Bonchev–Trinajstić information content (AvgIpc) is 3.17. The Morgan fingerprint density at radius 1 is 0.967 bits per heavy atom. The Kier molecular flexibility index (Phi) is 5.72. The van der Waals surface area contributed by atoms with Crippen LogP contribution in [0.4, 0.5) is 5.69 Å². The standard InChI is InChI=1S/C24H21ClN2O3/c25-20-10-6-17(7-11-20)15-27-13-12-18-2-1-3-21(22(18)27)23(28)26-14-16-4-8-19(9-5-16)24(29)30/h1-11H,12-15H2,(H,26,28)(H,29,30). The summed E-state index contributed by atoms with van der Waals surface area (Å²) < 4.78 is 0. The van der Waals surface area contributed by atoms with E-state index < -0.39 is 5.97 Å². The minimum absolute atomic E-state index is 0.142.